The van der Waals surface area contributed by atoms with Crippen LogP contribution < -0.4 is 10.5 Å². The van der Waals surface area contributed by atoms with Crippen LogP contribution in [-0.4, -0.2) is 15.0 Å². The highest BCUT2D eigenvalue weighted by atomic mass is 35.5. The average Bonchev–Trinajstić information content (AvgIpc) is 2.80. The van der Waals surface area contributed by atoms with E-state index in [0.29, 0.717) is 22.9 Å². The van der Waals surface area contributed by atoms with Gasteiger partial charge in [-0.05, 0) is 49.6 Å². The number of aryl methyl sites for hydroxylation is 1. The third-order valence-electron chi connectivity index (χ3n) is 3.27. The van der Waals surface area contributed by atoms with Crippen molar-refractivity contribution in [3.8, 4) is 0 Å². The number of hydrogen-bond donors (Lipinski definition) is 2. The first-order valence-electron chi connectivity index (χ1n) is 6.41. The van der Waals surface area contributed by atoms with Gasteiger partial charge in [-0.15, -0.1) is 11.3 Å². The van der Waals surface area contributed by atoms with E-state index in [0.717, 1.165) is 10.4 Å². The van der Waals surface area contributed by atoms with E-state index in [4.69, 9.17) is 17.3 Å². The van der Waals surface area contributed by atoms with Crippen LogP contribution in [0, 0.1) is 13.8 Å². The Morgan fingerprint density at radius 1 is 1.24 bits per heavy atom. The molecule has 4 nitrogen and oxygen atoms in total. The lowest BCUT2D eigenvalue weighted by molar-refractivity contribution is 0.581. The summed E-state index contributed by atoms with van der Waals surface area (Å²) in [6.07, 6.45) is 0.599. The van der Waals surface area contributed by atoms with Crippen LogP contribution in [0.1, 0.15) is 16.0 Å². The summed E-state index contributed by atoms with van der Waals surface area (Å²) in [7, 11) is -3.61. The largest absolute Gasteiger partial charge is 0.398 e. The van der Waals surface area contributed by atoms with Gasteiger partial charge in [0.05, 0.1) is 10.0 Å². The van der Waals surface area contributed by atoms with E-state index >= 15 is 0 Å². The van der Waals surface area contributed by atoms with Gasteiger partial charge in [0.1, 0.15) is 4.90 Å². The molecule has 3 N–H and O–H groups in total. The maximum Gasteiger partial charge on any atom is 0.242 e. The summed E-state index contributed by atoms with van der Waals surface area (Å²) in [5.74, 6) is 0. The fraction of sp³-hybridized carbons (Fsp3) is 0.286. The van der Waals surface area contributed by atoms with Crippen LogP contribution in [0.25, 0.3) is 0 Å². The first-order chi connectivity index (χ1) is 9.81. The van der Waals surface area contributed by atoms with Gasteiger partial charge in [-0.3, -0.25) is 0 Å². The number of rotatable bonds is 5. The highest BCUT2D eigenvalue weighted by Gasteiger charge is 2.20. The van der Waals surface area contributed by atoms with E-state index in [1.165, 1.54) is 11.3 Å². The lowest BCUT2D eigenvalue weighted by Gasteiger charge is -2.13. The summed E-state index contributed by atoms with van der Waals surface area (Å²) in [5, 5.41) is 0. The Kier molecular flexibility index (Phi) is 4.93. The molecule has 2 rings (SSSR count). The maximum absolute atomic E-state index is 12.4. The number of thiophene rings is 1. The molecule has 0 aliphatic heterocycles. The van der Waals surface area contributed by atoms with Gasteiger partial charge in [0, 0.05) is 11.4 Å². The number of hydrogen-bond acceptors (Lipinski definition) is 4. The standard InChI is InChI=1S/C14H17ClN2O2S2/c1-9-3-5-12(16)14(10(9)2)21(18,19)17-8-7-11-4-6-13(15)20-11/h3-6,17H,7-8,16H2,1-2H3. The molecular formula is C14H17ClN2O2S2. The molecule has 1 aromatic carbocycles. The van der Waals surface area contributed by atoms with Crippen LogP contribution in [-0.2, 0) is 16.4 Å². The zero-order valence-electron chi connectivity index (χ0n) is 11.8. The van der Waals surface area contributed by atoms with Crippen molar-refractivity contribution in [2.75, 3.05) is 12.3 Å². The third kappa shape index (κ3) is 3.77. The predicted octanol–water partition coefficient (Wildman–Crippen LogP) is 3.12. The smallest absolute Gasteiger partial charge is 0.242 e. The second-order valence-corrected chi connectivity index (χ2v) is 8.28. The molecule has 114 valence electrons. The average molecular weight is 345 g/mol. The van der Waals surface area contributed by atoms with Crippen molar-refractivity contribution < 1.29 is 8.42 Å². The lowest BCUT2D eigenvalue weighted by atomic mass is 10.1. The van der Waals surface area contributed by atoms with Crippen molar-refractivity contribution in [1.82, 2.24) is 4.72 Å². The first kappa shape index (κ1) is 16.3. The van der Waals surface area contributed by atoms with E-state index in [9.17, 15) is 8.42 Å². The predicted molar refractivity (Wildman–Crippen MR) is 88.5 cm³/mol. The summed E-state index contributed by atoms with van der Waals surface area (Å²) in [6, 6.07) is 7.14. The maximum atomic E-state index is 12.4. The van der Waals surface area contributed by atoms with E-state index in [2.05, 4.69) is 4.72 Å². The zero-order chi connectivity index (χ0) is 15.6. The van der Waals surface area contributed by atoms with Gasteiger partial charge in [0.15, 0.2) is 0 Å². The molecule has 7 heteroatoms. The molecule has 0 atom stereocenters. The number of sulfonamides is 1. The molecule has 0 amide bonds. The summed E-state index contributed by atoms with van der Waals surface area (Å²) in [4.78, 5) is 1.21. The molecule has 21 heavy (non-hydrogen) atoms. The minimum Gasteiger partial charge on any atom is -0.398 e. The Morgan fingerprint density at radius 3 is 2.57 bits per heavy atom. The van der Waals surface area contributed by atoms with Gasteiger partial charge in [-0.2, -0.15) is 0 Å². The second-order valence-electron chi connectivity index (χ2n) is 4.78. The molecule has 0 radical (unpaired) electrons. The Hall–Kier alpha value is -1.08. The van der Waals surface area contributed by atoms with E-state index in [1.54, 1.807) is 19.1 Å². The van der Waals surface area contributed by atoms with Crippen molar-refractivity contribution in [3.05, 3.63) is 44.6 Å². The number of nitrogen functional groups attached to an aromatic ring is 1. The van der Waals surface area contributed by atoms with E-state index in [-0.39, 0.29) is 10.6 Å². The number of anilines is 1. The zero-order valence-corrected chi connectivity index (χ0v) is 14.2. The van der Waals surface area contributed by atoms with Crippen molar-refractivity contribution in [3.63, 3.8) is 0 Å². The lowest BCUT2D eigenvalue weighted by Crippen LogP contribution is -2.27. The molecule has 2 aromatic rings. The van der Waals surface area contributed by atoms with Crippen molar-refractivity contribution in [2.24, 2.45) is 0 Å². The minimum absolute atomic E-state index is 0.173. The molecule has 1 aromatic heterocycles. The fourth-order valence-electron chi connectivity index (χ4n) is 2.03. The van der Waals surface area contributed by atoms with E-state index < -0.39 is 10.0 Å². The Morgan fingerprint density at radius 2 is 1.95 bits per heavy atom. The Bertz CT molecular complexity index is 754. The number of nitrogens with two attached hydrogens (primary N) is 1. The second kappa shape index (κ2) is 6.36. The topological polar surface area (TPSA) is 72.2 Å². The highest BCUT2D eigenvalue weighted by Crippen LogP contribution is 2.25. The summed E-state index contributed by atoms with van der Waals surface area (Å²) >= 11 is 7.30. The van der Waals surface area contributed by atoms with Gasteiger partial charge >= 0.3 is 0 Å². The van der Waals surface area contributed by atoms with Crippen molar-refractivity contribution in [2.45, 2.75) is 25.2 Å². The third-order valence-corrected chi connectivity index (χ3v) is 6.22. The minimum atomic E-state index is -3.61. The molecule has 1 heterocycles. The molecular weight excluding hydrogens is 328 g/mol. The quantitative estimate of drug-likeness (QED) is 0.818. The Labute approximate surface area is 134 Å². The monoisotopic (exact) mass is 344 g/mol. The fourth-order valence-corrected chi connectivity index (χ4v) is 4.58. The van der Waals surface area contributed by atoms with Crippen molar-refractivity contribution >= 4 is 38.6 Å². The Balaban J connectivity index is 2.14. The summed E-state index contributed by atoms with van der Waals surface area (Å²) < 4.78 is 28.1. The number of benzene rings is 1. The van der Waals surface area contributed by atoms with Gasteiger partial charge in [0.25, 0.3) is 0 Å². The highest BCUT2D eigenvalue weighted by molar-refractivity contribution is 7.89. The van der Waals surface area contributed by atoms with Gasteiger partial charge in [-0.25, -0.2) is 13.1 Å². The SMILES string of the molecule is Cc1ccc(N)c(S(=O)(=O)NCCc2ccc(Cl)s2)c1C. The van der Waals surface area contributed by atoms with Crippen LogP contribution in [0.3, 0.4) is 0 Å². The number of nitrogens with one attached hydrogen (secondary N) is 1. The van der Waals surface area contributed by atoms with Gasteiger partial charge < -0.3 is 5.73 Å². The first-order valence-corrected chi connectivity index (χ1v) is 9.08. The van der Waals surface area contributed by atoms with Crippen LogP contribution >= 0.6 is 22.9 Å². The van der Waals surface area contributed by atoms with Crippen LogP contribution in [0.4, 0.5) is 5.69 Å². The molecule has 0 saturated heterocycles. The molecule has 0 spiro atoms. The molecule has 0 bridgehead atoms. The van der Waals surface area contributed by atoms with E-state index in [1.807, 2.05) is 19.1 Å². The van der Waals surface area contributed by atoms with Crippen LogP contribution in [0.5, 0.6) is 0 Å². The molecule has 0 unspecified atom stereocenters. The molecule has 0 fully saturated rings. The molecule has 0 saturated carbocycles. The molecule has 0 aliphatic carbocycles. The molecule has 0 aliphatic rings. The summed E-state index contributed by atoms with van der Waals surface area (Å²) in [5.41, 5.74) is 7.68. The van der Waals surface area contributed by atoms with Gasteiger partial charge in [0.2, 0.25) is 10.0 Å². The van der Waals surface area contributed by atoms with Gasteiger partial charge in [-0.1, -0.05) is 17.7 Å². The van der Waals surface area contributed by atoms with Crippen molar-refractivity contribution in [1.29, 1.82) is 0 Å². The number of halogens is 1. The van der Waals surface area contributed by atoms with Crippen LogP contribution in [0.15, 0.2) is 29.2 Å². The normalized spacial score (nSPS) is 11.8. The summed E-state index contributed by atoms with van der Waals surface area (Å²) in [6.45, 7) is 3.94. The van der Waals surface area contributed by atoms with Crippen LogP contribution in [0.2, 0.25) is 4.34 Å².